The smallest absolute Gasteiger partial charge is 0.224 e. The van der Waals surface area contributed by atoms with E-state index in [9.17, 15) is 0 Å². The van der Waals surface area contributed by atoms with E-state index in [1.807, 2.05) is 11.3 Å². The Hall–Kier alpha value is -4.81. The number of aromatic nitrogens is 3. The molecule has 0 aliphatic rings. The van der Waals surface area contributed by atoms with Gasteiger partial charge in [0.15, 0.2) is 0 Å². The highest BCUT2D eigenvalue weighted by atomic mass is 35.5. The molecule has 6 heteroatoms. The van der Waals surface area contributed by atoms with Crippen molar-refractivity contribution in [2.24, 2.45) is 0 Å². The van der Waals surface area contributed by atoms with E-state index in [-0.39, 0.29) is 5.28 Å². The number of hydrogen-bond acceptors (Lipinski definition) is 4. The molecule has 0 aliphatic heterocycles. The quantitative estimate of drug-likeness (QED) is 0.181. The lowest BCUT2D eigenvalue weighted by Crippen LogP contribution is -1.96. The third kappa shape index (κ3) is 3.32. The summed E-state index contributed by atoms with van der Waals surface area (Å²) in [7, 11) is 0. The average Bonchev–Trinajstić information content (AvgIpc) is 3.74. The summed E-state index contributed by atoms with van der Waals surface area (Å²) in [4.78, 5) is 10.3. The van der Waals surface area contributed by atoms with Crippen LogP contribution in [0.5, 0.6) is 0 Å². The molecular formula is C38H20ClN3S2. The van der Waals surface area contributed by atoms with Gasteiger partial charge in [0, 0.05) is 63.1 Å². The van der Waals surface area contributed by atoms with Gasteiger partial charge in [-0.2, -0.15) is 0 Å². The molecule has 0 saturated heterocycles. The largest absolute Gasteiger partial charge is 0.309 e. The van der Waals surface area contributed by atoms with Crippen LogP contribution in [0.4, 0.5) is 0 Å². The predicted molar refractivity (Wildman–Crippen MR) is 190 cm³/mol. The summed E-state index contributed by atoms with van der Waals surface area (Å²) < 4.78 is 6.26. The highest BCUT2D eigenvalue weighted by Crippen LogP contribution is 2.48. The minimum absolute atomic E-state index is 0.263. The van der Waals surface area contributed by atoms with E-state index in [1.165, 1.54) is 57.5 Å². The van der Waals surface area contributed by atoms with Crippen molar-refractivity contribution in [3.05, 3.63) is 127 Å². The van der Waals surface area contributed by atoms with Gasteiger partial charge >= 0.3 is 0 Å². The first kappa shape index (κ1) is 24.6. The summed E-state index contributed by atoms with van der Waals surface area (Å²) in [6.45, 7) is 0. The van der Waals surface area contributed by atoms with Gasteiger partial charge in [-0.05, 0) is 47.3 Å². The van der Waals surface area contributed by atoms with Crippen LogP contribution >= 0.6 is 34.3 Å². The first-order valence-corrected chi connectivity index (χ1v) is 16.5. The molecule has 0 amide bonds. The highest BCUT2D eigenvalue weighted by Gasteiger charge is 2.22. The Morgan fingerprint density at radius 2 is 1.20 bits per heavy atom. The number of fused-ring (bicyclic) bond motifs is 13. The van der Waals surface area contributed by atoms with Gasteiger partial charge in [0.1, 0.15) is 4.83 Å². The number of hydrogen-bond donors (Lipinski definition) is 0. The summed E-state index contributed by atoms with van der Waals surface area (Å²) in [5.74, 6) is 0. The Labute approximate surface area is 264 Å². The van der Waals surface area contributed by atoms with E-state index < -0.39 is 0 Å². The van der Waals surface area contributed by atoms with Gasteiger partial charge in [-0.3, -0.25) is 0 Å². The fourth-order valence-corrected chi connectivity index (χ4v) is 9.56. The van der Waals surface area contributed by atoms with E-state index in [0.717, 1.165) is 32.5 Å². The Morgan fingerprint density at radius 1 is 0.545 bits per heavy atom. The molecule has 0 unspecified atom stereocenters. The molecule has 4 aromatic heterocycles. The third-order valence-electron chi connectivity index (χ3n) is 8.74. The molecule has 6 aromatic carbocycles. The lowest BCUT2D eigenvalue weighted by atomic mass is 9.99. The molecule has 3 nitrogen and oxygen atoms in total. The molecule has 0 radical (unpaired) electrons. The number of halogens is 1. The van der Waals surface area contributed by atoms with E-state index in [1.54, 1.807) is 11.3 Å². The maximum absolute atomic E-state index is 6.53. The molecule has 206 valence electrons. The van der Waals surface area contributed by atoms with Crippen molar-refractivity contribution in [3.8, 4) is 16.9 Å². The first-order valence-electron chi connectivity index (χ1n) is 14.5. The number of benzene rings is 6. The monoisotopic (exact) mass is 617 g/mol. The maximum atomic E-state index is 6.53. The van der Waals surface area contributed by atoms with Gasteiger partial charge in [-0.25, -0.2) is 9.97 Å². The van der Waals surface area contributed by atoms with Gasteiger partial charge < -0.3 is 4.57 Å². The zero-order valence-electron chi connectivity index (χ0n) is 23.1. The second-order valence-corrected chi connectivity index (χ2v) is 13.5. The Morgan fingerprint density at radius 3 is 2.02 bits per heavy atom. The number of nitrogens with zero attached hydrogens (tertiary/aromatic N) is 3. The summed E-state index contributed by atoms with van der Waals surface area (Å²) in [5, 5.41) is 10.2. The van der Waals surface area contributed by atoms with E-state index in [2.05, 4.69) is 131 Å². The third-order valence-corrected chi connectivity index (χ3v) is 11.2. The van der Waals surface area contributed by atoms with E-state index >= 15 is 0 Å². The number of rotatable bonds is 2. The minimum atomic E-state index is 0.263. The van der Waals surface area contributed by atoms with E-state index in [4.69, 9.17) is 16.6 Å². The van der Waals surface area contributed by atoms with Gasteiger partial charge in [0.05, 0.1) is 16.7 Å². The molecule has 0 N–H and O–H groups in total. The summed E-state index contributed by atoms with van der Waals surface area (Å²) >= 11 is 10.1. The van der Waals surface area contributed by atoms with Crippen molar-refractivity contribution < 1.29 is 0 Å². The van der Waals surface area contributed by atoms with E-state index in [0.29, 0.717) is 0 Å². The fraction of sp³-hybridized carbons (Fsp3) is 0. The molecule has 0 bridgehead atoms. The molecule has 0 saturated carbocycles. The zero-order valence-corrected chi connectivity index (χ0v) is 25.5. The Balaban J connectivity index is 1.35. The van der Waals surface area contributed by atoms with Crippen molar-refractivity contribution in [1.29, 1.82) is 0 Å². The lowest BCUT2D eigenvalue weighted by Gasteiger charge is -2.13. The predicted octanol–water partition coefficient (Wildman–Crippen LogP) is 11.8. The topological polar surface area (TPSA) is 30.7 Å². The molecule has 0 aliphatic carbocycles. The summed E-state index contributed by atoms with van der Waals surface area (Å²) in [6.07, 6.45) is 0. The molecule has 0 fully saturated rings. The summed E-state index contributed by atoms with van der Waals surface area (Å²) in [6, 6.07) is 43.6. The lowest BCUT2D eigenvalue weighted by molar-refractivity contribution is 1.18. The molecular weight excluding hydrogens is 598 g/mol. The second-order valence-electron chi connectivity index (χ2n) is 11.1. The van der Waals surface area contributed by atoms with Crippen molar-refractivity contribution in [3.63, 3.8) is 0 Å². The van der Waals surface area contributed by atoms with Crippen molar-refractivity contribution in [1.82, 2.24) is 14.5 Å². The van der Waals surface area contributed by atoms with Crippen LogP contribution in [-0.4, -0.2) is 14.5 Å². The second kappa shape index (κ2) is 9.10. The average molecular weight is 618 g/mol. The van der Waals surface area contributed by atoms with Gasteiger partial charge in [0.25, 0.3) is 0 Å². The van der Waals surface area contributed by atoms with Crippen LogP contribution in [0.1, 0.15) is 0 Å². The van der Waals surface area contributed by atoms with Crippen LogP contribution in [-0.2, 0) is 0 Å². The van der Waals surface area contributed by atoms with Crippen LogP contribution in [0.25, 0.3) is 90.0 Å². The van der Waals surface area contributed by atoms with Gasteiger partial charge in [0.2, 0.25) is 5.28 Å². The zero-order chi connectivity index (χ0) is 28.9. The molecule has 4 heterocycles. The van der Waals surface area contributed by atoms with Crippen molar-refractivity contribution in [2.75, 3.05) is 0 Å². The number of para-hydroxylation sites is 1. The SMILES string of the molecule is Clc1nc(-c2cccc(-n3c4ccccc4c4c5sc6ccccc6c5c5ccccc5c43)c2)c2c(n1)sc1ccccc12. The molecule has 44 heavy (non-hydrogen) atoms. The highest BCUT2D eigenvalue weighted by molar-refractivity contribution is 7.27. The Kier molecular flexibility index (Phi) is 5.09. The van der Waals surface area contributed by atoms with Crippen LogP contribution < -0.4 is 0 Å². The molecule has 10 rings (SSSR count). The maximum Gasteiger partial charge on any atom is 0.224 e. The van der Waals surface area contributed by atoms with Crippen LogP contribution in [0.3, 0.4) is 0 Å². The molecule has 0 atom stereocenters. The van der Waals surface area contributed by atoms with Gasteiger partial charge in [-0.15, -0.1) is 22.7 Å². The normalized spacial score (nSPS) is 12.2. The minimum Gasteiger partial charge on any atom is -0.309 e. The Bertz CT molecular complexity index is 2800. The molecule has 10 aromatic rings. The standard InChI is InChI=1S/C38H20ClN3S2/c39-38-40-34(32-27-16-5-8-19-30(27)44-37(32)41-38)21-10-9-11-22(20-21)42-28-17-6-3-14-25(28)33-35(42)24-13-2-1-12-23(24)31-26-15-4-7-18-29(26)43-36(31)33/h1-20H. The van der Waals surface area contributed by atoms with Crippen molar-refractivity contribution >= 4 is 107 Å². The fourth-order valence-electron chi connectivity index (χ4n) is 6.99. The number of thiophene rings is 2. The van der Waals surface area contributed by atoms with Crippen molar-refractivity contribution in [2.45, 2.75) is 0 Å². The first-order chi connectivity index (χ1) is 21.7. The van der Waals surface area contributed by atoms with Crippen LogP contribution in [0.2, 0.25) is 5.28 Å². The molecule has 0 spiro atoms. The van der Waals surface area contributed by atoms with Crippen LogP contribution in [0, 0.1) is 0 Å². The summed E-state index contributed by atoms with van der Waals surface area (Å²) in [5.41, 5.74) is 5.36. The van der Waals surface area contributed by atoms with Crippen LogP contribution in [0.15, 0.2) is 121 Å². The van der Waals surface area contributed by atoms with Gasteiger partial charge in [-0.1, -0.05) is 91.0 Å².